The van der Waals surface area contributed by atoms with E-state index in [1.165, 1.54) is 0 Å². The molecule has 2 rings (SSSR count). The van der Waals surface area contributed by atoms with Crippen molar-refractivity contribution in [3.8, 4) is 0 Å². The number of ether oxygens (including phenoxy) is 3. The van der Waals surface area contributed by atoms with Gasteiger partial charge >= 0.3 is 0 Å². The fourth-order valence-corrected chi connectivity index (χ4v) is 1.25. The van der Waals surface area contributed by atoms with Crippen LogP contribution in [0, 0.1) is 0 Å². The van der Waals surface area contributed by atoms with Crippen LogP contribution in [0.2, 0.25) is 0 Å². The van der Waals surface area contributed by atoms with Gasteiger partial charge in [-0.3, -0.25) is 0 Å². The summed E-state index contributed by atoms with van der Waals surface area (Å²) in [5.74, 6) is 0. The Morgan fingerprint density at radius 3 is 2.89 bits per heavy atom. The van der Waals surface area contributed by atoms with Gasteiger partial charge in [0.1, 0.15) is 12.9 Å². The van der Waals surface area contributed by atoms with E-state index in [4.69, 9.17) is 14.2 Å². The van der Waals surface area contributed by atoms with E-state index in [-0.39, 0.29) is 6.10 Å². The molecule has 0 aliphatic carbocycles. The number of hydrogen-bond donors (Lipinski definition) is 0. The molecule has 2 unspecified atom stereocenters. The average molecular weight is 130 g/mol. The predicted molar refractivity (Wildman–Crippen MR) is 30.0 cm³/mol. The van der Waals surface area contributed by atoms with Crippen LogP contribution in [0.1, 0.15) is 6.42 Å². The van der Waals surface area contributed by atoms with Crippen molar-refractivity contribution in [1.82, 2.24) is 0 Å². The third-order valence-corrected chi connectivity index (χ3v) is 1.81. The van der Waals surface area contributed by atoms with Crippen LogP contribution in [0.4, 0.5) is 0 Å². The topological polar surface area (TPSA) is 27.7 Å². The van der Waals surface area contributed by atoms with E-state index in [1.807, 2.05) is 0 Å². The number of rotatable bonds is 0. The van der Waals surface area contributed by atoms with Gasteiger partial charge < -0.3 is 14.2 Å². The Kier molecular flexibility index (Phi) is 1.41. The SMILES string of the molecule is C1CC2OCOC2CO1. The lowest BCUT2D eigenvalue weighted by molar-refractivity contribution is -0.0217. The summed E-state index contributed by atoms with van der Waals surface area (Å²) in [7, 11) is 0. The summed E-state index contributed by atoms with van der Waals surface area (Å²) in [4.78, 5) is 0. The molecular weight excluding hydrogens is 120 g/mol. The molecule has 2 fully saturated rings. The second-order valence-electron chi connectivity index (χ2n) is 2.39. The lowest BCUT2D eigenvalue weighted by atomic mass is 10.1. The fourth-order valence-electron chi connectivity index (χ4n) is 1.25. The summed E-state index contributed by atoms with van der Waals surface area (Å²) < 4.78 is 15.6. The molecular formula is C6H10O3. The van der Waals surface area contributed by atoms with E-state index in [0.29, 0.717) is 19.5 Å². The van der Waals surface area contributed by atoms with Crippen molar-refractivity contribution in [2.24, 2.45) is 0 Å². The van der Waals surface area contributed by atoms with Crippen LogP contribution in [0.5, 0.6) is 0 Å². The highest BCUT2D eigenvalue weighted by Crippen LogP contribution is 2.19. The molecule has 3 nitrogen and oxygen atoms in total. The van der Waals surface area contributed by atoms with Crippen molar-refractivity contribution in [3.63, 3.8) is 0 Å². The minimum atomic E-state index is 0.221. The van der Waals surface area contributed by atoms with Crippen LogP contribution in [0.15, 0.2) is 0 Å². The third-order valence-electron chi connectivity index (χ3n) is 1.81. The molecule has 0 saturated carbocycles. The molecule has 2 aliphatic rings. The van der Waals surface area contributed by atoms with Gasteiger partial charge in [0.2, 0.25) is 0 Å². The Morgan fingerprint density at radius 2 is 2.00 bits per heavy atom. The quantitative estimate of drug-likeness (QED) is 0.467. The maximum absolute atomic E-state index is 5.25. The normalized spacial score (nSPS) is 42.7. The zero-order valence-electron chi connectivity index (χ0n) is 5.21. The van der Waals surface area contributed by atoms with Crippen LogP contribution >= 0.6 is 0 Å². The molecule has 0 N–H and O–H groups in total. The van der Waals surface area contributed by atoms with E-state index >= 15 is 0 Å². The van der Waals surface area contributed by atoms with Crippen LogP contribution in [-0.4, -0.2) is 32.2 Å². The van der Waals surface area contributed by atoms with Gasteiger partial charge in [0.05, 0.1) is 12.7 Å². The van der Waals surface area contributed by atoms with Crippen molar-refractivity contribution in [2.45, 2.75) is 18.6 Å². The monoisotopic (exact) mass is 130 g/mol. The second kappa shape index (κ2) is 2.25. The summed E-state index contributed by atoms with van der Waals surface area (Å²) in [6.07, 6.45) is 1.53. The summed E-state index contributed by atoms with van der Waals surface area (Å²) in [5, 5.41) is 0. The van der Waals surface area contributed by atoms with Gasteiger partial charge in [-0.05, 0) is 6.42 Å². The highest BCUT2D eigenvalue weighted by Gasteiger charge is 2.31. The summed E-state index contributed by atoms with van der Waals surface area (Å²) in [6, 6.07) is 0. The molecule has 52 valence electrons. The molecule has 0 amide bonds. The Morgan fingerprint density at radius 1 is 1.11 bits per heavy atom. The smallest absolute Gasteiger partial charge is 0.147 e. The maximum Gasteiger partial charge on any atom is 0.147 e. The molecule has 0 aromatic carbocycles. The largest absolute Gasteiger partial charge is 0.379 e. The van der Waals surface area contributed by atoms with Crippen LogP contribution in [0.3, 0.4) is 0 Å². The van der Waals surface area contributed by atoms with Gasteiger partial charge in [-0.15, -0.1) is 0 Å². The lowest BCUT2D eigenvalue weighted by Crippen LogP contribution is -2.33. The van der Waals surface area contributed by atoms with E-state index in [9.17, 15) is 0 Å². The zero-order chi connectivity index (χ0) is 6.10. The van der Waals surface area contributed by atoms with E-state index in [0.717, 1.165) is 13.0 Å². The molecule has 0 aromatic rings. The molecule has 2 aliphatic heterocycles. The van der Waals surface area contributed by atoms with Gasteiger partial charge in [-0.1, -0.05) is 0 Å². The van der Waals surface area contributed by atoms with Crippen LogP contribution < -0.4 is 0 Å². The highest BCUT2D eigenvalue weighted by atomic mass is 16.7. The Labute approximate surface area is 53.9 Å². The Bertz CT molecular complexity index is 92.5. The first-order chi connectivity index (χ1) is 4.47. The van der Waals surface area contributed by atoms with E-state index in [1.54, 1.807) is 0 Å². The molecule has 2 heterocycles. The van der Waals surface area contributed by atoms with Crippen molar-refractivity contribution in [3.05, 3.63) is 0 Å². The molecule has 3 heteroatoms. The van der Waals surface area contributed by atoms with Gasteiger partial charge in [0.15, 0.2) is 0 Å². The number of hydrogen-bond acceptors (Lipinski definition) is 3. The first-order valence-corrected chi connectivity index (χ1v) is 3.28. The molecule has 2 saturated heterocycles. The van der Waals surface area contributed by atoms with Gasteiger partial charge in [-0.25, -0.2) is 0 Å². The van der Waals surface area contributed by atoms with Crippen molar-refractivity contribution in [1.29, 1.82) is 0 Å². The summed E-state index contributed by atoms with van der Waals surface area (Å²) in [6.45, 7) is 1.99. The van der Waals surface area contributed by atoms with Crippen molar-refractivity contribution in [2.75, 3.05) is 20.0 Å². The van der Waals surface area contributed by atoms with E-state index in [2.05, 4.69) is 0 Å². The van der Waals surface area contributed by atoms with Crippen molar-refractivity contribution < 1.29 is 14.2 Å². The summed E-state index contributed by atoms with van der Waals surface area (Å²) in [5.41, 5.74) is 0. The fraction of sp³-hybridized carbons (Fsp3) is 1.00. The molecule has 0 spiro atoms. The Balaban J connectivity index is 1.97. The second-order valence-corrected chi connectivity index (χ2v) is 2.39. The lowest BCUT2D eigenvalue weighted by Gasteiger charge is -2.21. The molecule has 0 aromatic heterocycles. The Hall–Kier alpha value is -0.120. The average Bonchev–Trinajstić information content (AvgIpc) is 2.33. The minimum absolute atomic E-state index is 0.221. The van der Waals surface area contributed by atoms with Gasteiger partial charge in [-0.2, -0.15) is 0 Å². The summed E-state index contributed by atoms with van der Waals surface area (Å²) >= 11 is 0. The zero-order valence-corrected chi connectivity index (χ0v) is 5.21. The van der Waals surface area contributed by atoms with Gasteiger partial charge in [0, 0.05) is 6.61 Å². The number of fused-ring (bicyclic) bond motifs is 1. The molecule has 2 atom stereocenters. The minimum Gasteiger partial charge on any atom is -0.379 e. The molecule has 9 heavy (non-hydrogen) atoms. The first-order valence-electron chi connectivity index (χ1n) is 3.28. The third kappa shape index (κ3) is 0.956. The molecule has 0 bridgehead atoms. The van der Waals surface area contributed by atoms with Crippen LogP contribution in [0.25, 0.3) is 0 Å². The predicted octanol–water partition coefficient (Wildman–Crippen LogP) is 0.148. The maximum atomic E-state index is 5.25. The van der Waals surface area contributed by atoms with Gasteiger partial charge in [0.25, 0.3) is 0 Å². The first kappa shape index (κ1) is 5.65. The standard InChI is InChI=1S/C6H10O3/c1-2-7-3-6-5(1)8-4-9-6/h5-6H,1-4H2. The van der Waals surface area contributed by atoms with Crippen molar-refractivity contribution >= 4 is 0 Å². The highest BCUT2D eigenvalue weighted by molar-refractivity contribution is 4.76. The van der Waals surface area contributed by atoms with E-state index < -0.39 is 0 Å². The molecule has 0 radical (unpaired) electrons. The van der Waals surface area contributed by atoms with Crippen LogP contribution in [-0.2, 0) is 14.2 Å².